The van der Waals surface area contributed by atoms with Crippen molar-refractivity contribution in [2.75, 3.05) is 11.9 Å². The summed E-state index contributed by atoms with van der Waals surface area (Å²) in [4.78, 5) is 24.5. The molecule has 2 heterocycles. The molecule has 0 unspecified atom stereocenters. The molecule has 27 heavy (non-hydrogen) atoms. The van der Waals surface area contributed by atoms with Crippen LogP contribution in [0.4, 0.5) is 11.4 Å². The largest absolute Gasteiger partial charge is 0.468 e. The molecule has 1 amide bonds. The summed E-state index contributed by atoms with van der Waals surface area (Å²) in [6.07, 6.45) is 3.13. The van der Waals surface area contributed by atoms with Crippen molar-refractivity contribution in [1.29, 1.82) is 0 Å². The Morgan fingerprint density at radius 1 is 1.11 bits per heavy atom. The van der Waals surface area contributed by atoms with Crippen LogP contribution in [0.25, 0.3) is 0 Å². The second-order valence-corrected chi connectivity index (χ2v) is 6.18. The molecule has 0 atom stereocenters. The number of benzene rings is 1. The first-order valence-electron chi connectivity index (χ1n) is 8.02. The fraction of sp³-hybridized carbons (Fsp3) is 0.167. The maximum Gasteiger partial charge on any atom is 0.271 e. The van der Waals surface area contributed by atoms with Gasteiger partial charge in [0.25, 0.3) is 5.69 Å². The van der Waals surface area contributed by atoms with Crippen molar-refractivity contribution in [3.8, 4) is 0 Å². The van der Waals surface area contributed by atoms with E-state index in [1.54, 1.807) is 24.7 Å². The van der Waals surface area contributed by atoms with E-state index >= 15 is 0 Å². The van der Waals surface area contributed by atoms with Crippen molar-refractivity contribution in [2.45, 2.75) is 13.1 Å². The highest BCUT2D eigenvalue weighted by Crippen LogP contribution is 2.26. The number of furan rings is 2. The molecule has 3 aromatic rings. The molecule has 2 aromatic heterocycles. The topological polar surface area (TPSA) is 102 Å². The second kappa shape index (κ2) is 8.52. The predicted molar refractivity (Wildman–Crippen MR) is 98.3 cm³/mol. The molecule has 140 valence electrons. The molecule has 3 rings (SSSR count). The van der Waals surface area contributed by atoms with Crippen LogP contribution < -0.4 is 5.32 Å². The van der Waals surface area contributed by atoms with Crippen LogP contribution in [0.2, 0.25) is 5.02 Å². The van der Waals surface area contributed by atoms with Gasteiger partial charge in [0, 0.05) is 12.1 Å². The molecule has 0 spiro atoms. The van der Waals surface area contributed by atoms with E-state index in [1.165, 1.54) is 18.2 Å². The molecule has 0 aliphatic heterocycles. The number of rotatable bonds is 8. The molecule has 9 heteroatoms. The summed E-state index contributed by atoms with van der Waals surface area (Å²) in [5.74, 6) is 1.11. The number of non-ortho nitro benzene ring substituents is 1. The summed E-state index contributed by atoms with van der Waals surface area (Å²) in [6.45, 7) is 0.874. The first-order chi connectivity index (χ1) is 13.0. The molecule has 0 saturated heterocycles. The molecule has 0 radical (unpaired) electrons. The molecule has 0 fully saturated rings. The monoisotopic (exact) mass is 389 g/mol. The number of halogens is 1. The Labute approximate surface area is 159 Å². The van der Waals surface area contributed by atoms with Gasteiger partial charge in [-0.15, -0.1) is 0 Å². The lowest BCUT2D eigenvalue weighted by Crippen LogP contribution is -2.32. The minimum atomic E-state index is -0.550. The number of hydrogen-bond donors (Lipinski definition) is 1. The van der Waals surface area contributed by atoms with E-state index in [9.17, 15) is 14.9 Å². The van der Waals surface area contributed by atoms with E-state index in [-0.39, 0.29) is 23.2 Å². The van der Waals surface area contributed by atoms with Gasteiger partial charge in [0.15, 0.2) is 0 Å². The Bertz CT molecular complexity index is 873. The van der Waals surface area contributed by atoms with Crippen LogP contribution in [0, 0.1) is 10.1 Å². The molecular formula is C18H16ClN3O5. The van der Waals surface area contributed by atoms with Crippen molar-refractivity contribution in [2.24, 2.45) is 0 Å². The molecule has 8 nitrogen and oxygen atoms in total. The highest BCUT2D eigenvalue weighted by Gasteiger charge is 2.17. The zero-order valence-corrected chi connectivity index (χ0v) is 14.9. The number of nitro groups is 1. The number of amides is 1. The zero-order valence-electron chi connectivity index (χ0n) is 14.1. The predicted octanol–water partition coefficient (Wildman–Crippen LogP) is 4.08. The van der Waals surface area contributed by atoms with Crippen molar-refractivity contribution in [3.05, 3.63) is 81.6 Å². The Morgan fingerprint density at radius 3 is 2.22 bits per heavy atom. The lowest BCUT2D eigenvalue weighted by Gasteiger charge is -2.19. The van der Waals surface area contributed by atoms with Gasteiger partial charge >= 0.3 is 0 Å². The Balaban J connectivity index is 1.67. The van der Waals surface area contributed by atoms with Crippen molar-refractivity contribution in [3.63, 3.8) is 0 Å². The van der Waals surface area contributed by atoms with Gasteiger partial charge in [-0.25, -0.2) is 0 Å². The van der Waals surface area contributed by atoms with Gasteiger partial charge < -0.3 is 14.2 Å². The van der Waals surface area contributed by atoms with Crippen molar-refractivity contribution in [1.82, 2.24) is 4.90 Å². The quantitative estimate of drug-likeness (QED) is 0.460. The van der Waals surface area contributed by atoms with E-state index < -0.39 is 4.92 Å². The Morgan fingerprint density at radius 2 is 1.74 bits per heavy atom. The maximum atomic E-state index is 12.4. The van der Waals surface area contributed by atoms with Crippen LogP contribution in [0.5, 0.6) is 0 Å². The van der Waals surface area contributed by atoms with Gasteiger partial charge in [-0.2, -0.15) is 0 Å². The minimum Gasteiger partial charge on any atom is -0.468 e. The third-order valence-corrected chi connectivity index (χ3v) is 4.04. The van der Waals surface area contributed by atoms with E-state index in [0.717, 1.165) is 0 Å². The van der Waals surface area contributed by atoms with Gasteiger partial charge in [0.05, 0.1) is 47.8 Å². The number of nitrogens with one attached hydrogen (secondary N) is 1. The van der Waals surface area contributed by atoms with E-state index in [1.807, 2.05) is 17.0 Å². The highest BCUT2D eigenvalue weighted by atomic mass is 35.5. The van der Waals surface area contributed by atoms with Gasteiger partial charge in [0.2, 0.25) is 5.91 Å². The standard InChI is InChI=1S/C18H16ClN3O5/c19-16-9-13(22(24)25)5-6-17(16)20-18(23)12-21(10-14-3-1-7-26-14)11-15-4-2-8-27-15/h1-9H,10-12H2,(H,20,23). The number of nitro benzene ring substituents is 1. The smallest absolute Gasteiger partial charge is 0.271 e. The van der Waals surface area contributed by atoms with Crippen LogP contribution in [0.1, 0.15) is 11.5 Å². The van der Waals surface area contributed by atoms with Crippen LogP contribution in [0.3, 0.4) is 0 Å². The lowest BCUT2D eigenvalue weighted by molar-refractivity contribution is -0.384. The second-order valence-electron chi connectivity index (χ2n) is 5.77. The molecular weight excluding hydrogens is 374 g/mol. The normalized spacial score (nSPS) is 10.9. The van der Waals surface area contributed by atoms with Crippen molar-refractivity contribution < 1.29 is 18.6 Å². The summed E-state index contributed by atoms with van der Waals surface area (Å²) >= 11 is 6.02. The number of nitrogens with zero attached hydrogens (tertiary/aromatic N) is 2. The van der Waals surface area contributed by atoms with E-state index in [0.29, 0.717) is 30.3 Å². The van der Waals surface area contributed by atoms with Crippen LogP contribution in [-0.2, 0) is 17.9 Å². The van der Waals surface area contributed by atoms with Gasteiger partial charge in [-0.1, -0.05) is 11.6 Å². The van der Waals surface area contributed by atoms with Gasteiger partial charge in [-0.05, 0) is 30.3 Å². The number of anilines is 1. The summed E-state index contributed by atoms with van der Waals surface area (Å²) in [5, 5.41) is 13.5. The Hall–Kier alpha value is -3.10. The Kier molecular flexibility index (Phi) is 5.90. The maximum absolute atomic E-state index is 12.4. The average molecular weight is 390 g/mol. The number of hydrogen-bond acceptors (Lipinski definition) is 6. The molecule has 0 bridgehead atoms. The third kappa shape index (κ3) is 5.19. The summed E-state index contributed by atoms with van der Waals surface area (Å²) in [6, 6.07) is 11.1. The zero-order chi connectivity index (χ0) is 19.2. The van der Waals surface area contributed by atoms with Gasteiger partial charge in [-0.3, -0.25) is 19.8 Å². The first kappa shape index (κ1) is 18.7. The first-order valence-corrected chi connectivity index (χ1v) is 8.40. The molecule has 0 aliphatic carbocycles. The lowest BCUT2D eigenvalue weighted by atomic mass is 10.2. The molecule has 1 aromatic carbocycles. The van der Waals surface area contributed by atoms with Crippen LogP contribution in [-0.4, -0.2) is 22.3 Å². The van der Waals surface area contributed by atoms with Gasteiger partial charge in [0.1, 0.15) is 11.5 Å². The molecule has 0 aliphatic rings. The van der Waals surface area contributed by atoms with Crippen LogP contribution >= 0.6 is 11.6 Å². The SMILES string of the molecule is O=C(CN(Cc1ccco1)Cc1ccco1)Nc1ccc([N+](=O)[O-])cc1Cl. The highest BCUT2D eigenvalue weighted by molar-refractivity contribution is 6.34. The number of carbonyl (C=O) groups excluding carboxylic acids is 1. The fourth-order valence-electron chi connectivity index (χ4n) is 2.53. The van der Waals surface area contributed by atoms with E-state index in [4.69, 9.17) is 20.4 Å². The summed E-state index contributed by atoms with van der Waals surface area (Å²) in [5.41, 5.74) is 0.165. The van der Waals surface area contributed by atoms with Crippen molar-refractivity contribution >= 4 is 28.9 Å². The number of carbonyl (C=O) groups is 1. The van der Waals surface area contributed by atoms with E-state index in [2.05, 4.69) is 5.32 Å². The van der Waals surface area contributed by atoms with Crippen LogP contribution in [0.15, 0.2) is 63.8 Å². The average Bonchev–Trinajstić information content (AvgIpc) is 3.30. The molecule has 0 saturated carbocycles. The third-order valence-electron chi connectivity index (χ3n) is 3.72. The minimum absolute atomic E-state index is 0.0503. The molecule has 1 N–H and O–H groups in total. The fourth-order valence-corrected chi connectivity index (χ4v) is 2.75. The summed E-state index contributed by atoms with van der Waals surface area (Å²) in [7, 11) is 0. The summed E-state index contributed by atoms with van der Waals surface area (Å²) < 4.78 is 10.7.